The van der Waals surface area contributed by atoms with Gasteiger partial charge < -0.3 is 4.74 Å². The number of halogens is 1. The number of aromatic nitrogens is 2. The molecule has 20 heavy (non-hydrogen) atoms. The fourth-order valence-electron chi connectivity index (χ4n) is 1.97. The first-order chi connectivity index (χ1) is 9.70. The van der Waals surface area contributed by atoms with Gasteiger partial charge in [0, 0.05) is 10.0 Å². The summed E-state index contributed by atoms with van der Waals surface area (Å²) in [5.74, 6) is -0.361. The van der Waals surface area contributed by atoms with Gasteiger partial charge in [-0.25, -0.2) is 9.42 Å². The molecule has 1 heterocycles. The molecule has 0 aliphatic carbocycles. The van der Waals surface area contributed by atoms with E-state index in [1.54, 1.807) is 12.1 Å². The van der Waals surface area contributed by atoms with Crippen molar-refractivity contribution in [2.45, 2.75) is 0 Å². The summed E-state index contributed by atoms with van der Waals surface area (Å²) < 4.78 is 10.3. The Labute approximate surface area is 122 Å². The number of hydrogen-bond acceptors (Lipinski definition) is 5. The molecule has 0 saturated carbocycles. The number of carbonyl (C=O) groups excluding carboxylic acids is 1. The van der Waals surface area contributed by atoms with E-state index < -0.39 is 0 Å². The van der Waals surface area contributed by atoms with Crippen molar-refractivity contribution in [3.63, 3.8) is 0 Å². The average molecular weight is 333 g/mol. The number of carbonyl (C=O) groups is 1. The maximum Gasteiger partial charge on any atom is 0.337 e. The fourth-order valence-corrected chi connectivity index (χ4v) is 2.37. The Hall–Kier alpha value is -2.21. The summed E-state index contributed by atoms with van der Waals surface area (Å²) in [7, 11) is 1.36. The van der Waals surface area contributed by atoms with Crippen LogP contribution in [0, 0.1) is 0 Å². The molecule has 0 N–H and O–H groups in total. The zero-order chi connectivity index (χ0) is 14.1. The lowest BCUT2D eigenvalue weighted by Crippen LogP contribution is -2.00. The summed E-state index contributed by atoms with van der Waals surface area (Å²) in [5.41, 5.74) is 3.65. The molecule has 100 valence electrons. The number of rotatable bonds is 2. The third-order valence-electron chi connectivity index (χ3n) is 2.98. The first-order valence-corrected chi connectivity index (χ1v) is 6.59. The van der Waals surface area contributed by atoms with E-state index in [1.807, 2.05) is 24.3 Å². The molecule has 3 rings (SSSR count). The highest BCUT2D eigenvalue weighted by Crippen LogP contribution is 2.31. The van der Waals surface area contributed by atoms with Crippen molar-refractivity contribution in [3.8, 4) is 11.1 Å². The van der Waals surface area contributed by atoms with Crippen molar-refractivity contribution in [1.82, 2.24) is 10.3 Å². The number of esters is 1. The van der Waals surface area contributed by atoms with Gasteiger partial charge >= 0.3 is 5.97 Å². The zero-order valence-corrected chi connectivity index (χ0v) is 12.0. The van der Waals surface area contributed by atoms with Crippen LogP contribution in [0.2, 0.25) is 0 Å². The van der Waals surface area contributed by atoms with Gasteiger partial charge in [0.2, 0.25) is 0 Å². The van der Waals surface area contributed by atoms with Crippen molar-refractivity contribution in [1.29, 1.82) is 0 Å². The standard InChI is InChI=1S/C14H9BrN2O3/c1-19-14(18)9-4-2-8(3-5-9)10-6-7-11(15)13-12(10)16-20-17-13/h2-7H,1H3. The Kier molecular flexibility index (Phi) is 3.23. The molecule has 0 atom stereocenters. The van der Waals surface area contributed by atoms with E-state index in [1.165, 1.54) is 7.11 Å². The molecule has 0 radical (unpaired) electrons. The number of nitrogens with zero attached hydrogens (tertiary/aromatic N) is 2. The highest BCUT2D eigenvalue weighted by atomic mass is 79.9. The largest absolute Gasteiger partial charge is 0.465 e. The van der Waals surface area contributed by atoms with Gasteiger partial charge in [0.15, 0.2) is 0 Å². The van der Waals surface area contributed by atoms with Crippen molar-refractivity contribution in [3.05, 3.63) is 46.4 Å². The smallest absolute Gasteiger partial charge is 0.337 e. The van der Waals surface area contributed by atoms with Crippen molar-refractivity contribution >= 4 is 32.9 Å². The van der Waals surface area contributed by atoms with Gasteiger partial charge in [-0.05, 0) is 50.0 Å². The summed E-state index contributed by atoms with van der Waals surface area (Å²) in [6.07, 6.45) is 0. The Bertz CT molecular complexity index is 781. The second-order valence-electron chi connectivity index (χ2n) is 4.13. The Morgan fingerprint density at radius 1 is 1.10 bits per heavy atom. The van der Waals surface area contributed by atoms with Crippen LogP contribution in [-0.2, 0) is 4.74 Å². The second kappa shape index (κ2) is 5.05. The fraction of sp³-hybridized carbons (Fsp3) is 0.0714. The Morgan fingerprint density at radius 3 is 2.50 bits per heavy atom. The highest BCUT2D eigenvalue weighted by molar-refractivity contribution is 9.10. The number of hydrogen-bond donors (Lipinski definition) is 0. The van der Waals surface area contributed by atoms with E-state index in [-0.39, 0.29) is 5.97 Å². The van der Waals surface area contributed by atoms with Crippen LogP contribution in [0.1, 0.15) is 10.4 Å². The van der Waals surface area contributed by atoms with Crippen LogP contribution in [0.4, 0.5) is 0 Å². The van der Waals surface area contributed by atoms with Gasteiger partial charge in [-0.3, -0.25) is 0 Å². The maximum absolute atomic E-state index is 11.4. The van der Waals surface area contributed by atoms with Crippen LogP contribution in [0.3, 0.4) is 0 Å². The minimum Gasteiger partial charge on any atom is -0.465 e. The molecule has 0 fully saturated rings. The van der Waals surface area contributed by atoms with Gasteiger partial charge in [-0.15, -0.1) is 0 Å². The lowest BCUT2D eigenvalue weighted by Gasteiger charge is -2.04. The predicted molar refractivity (Wildman–Crippen MR) is 76.3 cm³/mol. The van der Waals surface area contributed by atoms with E-state index >= 15 is 0 Å². The monoisotopic (exact) mass is 332 g/mol. The number of fused-ring (bicyclic) bond motifs is 1. The van der Waals surface area contributed by atoms with E-state index in [9.17, 15) is 4.79 Å². The topological polar surface area (TPSA) is 65.2 Å². The quantitative estimate of drug-likeness (QED) is 0.672. The summed E-state index contributed by atoms with van der Waals surface area (Å²) in [6.45, 7) is 0. The predicted octanol–water partition coefficient (Wildman–Crippen LogP) is 3.44. The van der Waals surface area contributed by atoms with Crippen LogP contribution >= 0.6 is 15.9 Å². The molecule has 1 aromatic heterocycles. The van der Waals surface area contributed by atoms with Crippen LogP contribution in [-0.4, -0.2) is 23.4 Å². The molecule has 0 aliphatic heterocycles. The molecule has 0 saturated heterocycles. The summed E-state index contributed by atoms with van der Waals surface area (Å²) in [6, 6.07) is 10.9. The van der Waals surface area contributed by atoms with Gasteiger partial charge in [0.25, 0.3) is 0 Å². The molecular weight excluding hydrogens is 324 g/mol. The van der Waals surface area contributed by atoms with E-state index in [0.717, 1.165) is 15.6 Å². The maximum atomic E-state index is 11.4. The molecule has 0 aliphatic rings. The lowest BCUT2D eigenvalue weighted by molar-refractivity contribution is 0.0601. The van der Waals surface area contributed by atoms with Crippen LogP contribution in [0.25, 0.3) is 22.2 Å². The number of ether oxygens (including phenoxy) is 1. The molecule has 6 heteroatoms. The minimum atomic E-state index is -0.361. The molecular formula is C14H9BrN2O3. The zero-order valence-electron chi connectivity index (χ0n) is 10.5. The lowest BCUT2D eigenvalue weighted by atomic mass is 10.0. The number of methoxy groups -OCH3 is 1. The molecule has 0 amide bonds. The molecule has 3 aromatic rings. The van der Waals surface area contributed by atoms with Gasteiger partial charge in [-0.1, -0.05) is 18.2 Å². The molecule has 0 spiro atoms. The average Bonchev–Trinajstić information content (AvgIpc) is 2.97. The SMILES string of the molecule is COC(=O)c1ccc(-c2ccc(Br)c3nonc23)cc1. The van der Waals surface area contributed by atoms with Gasteiger partial charge in [0.05, 0.1) is 12.7 Å². The summed E-state index contributed by atoms with van der Waals surface area (Å²) in [5, 5.41) is 7.78. The van der Waals surface area contributed by atoms with Crippen molar-refractivity contribution in [2.24, 2.45) is 0 Å². The van der Waals surface area contributed by atoms with E-state index in [2.05, 4.69) is 31.0 Å². The van der Waals surface area contributed by atoms with E-state index in [0.29, 0.717) is 16.6 Å². The second-order valence-corrected chi connectivity index (χ2v) is 4.98. The first-order valence-electron chi connectivity index (χ1n) is 5.80. The molecule has 0 unspecified atom stereocenters. The Balaban J connectivity index is 2.09. The van der Waals surface area contributed by atoms with E-state index in [4.69, 9.17) is 4.63 Å². The minimum absolute atomic E-state index is 0.361. The molecule has 5 nitrogen and oxygen atoms in total. The first kappa shape index (κ1) is 12.8. The van der Waals surface area contributed by atoms with Crippen LogP contribution in [0.15, 0.2) is 45.5 Å². The normalized spacial score (nSPS) is 10.7. The van der Waals surface area contributed by atoms with Gasteiger partial charge in [0.1, 0.15) is 11.0 Å². The van der Waals surface area contributed by atoms with Crippen LogP contribution < -0.4 is 0 Å². The molecule has 0 bridgehead atoms. The highest BCUT2D eigenvalue weighted by Gasteiger charge is 2.12. The van der Waals surface area contributed by atoms with Crippen LogP contribution in [0.5, 0.6) is 0 Å². The third-order valence-corrected chi connectivity index (χ3v) is 3.62. The van der Waals surface area contributed by atoms with Crippen molar-refractivity contribution in [2.75, 3.05) is 7.11 Å². The number of benzene rings is 2. The summed E-state index contributed by atoms with van der Waals surface area (Å²) >= 11 is 3.40. The third kappa shape index (κ3) is 2.08. The van der Waals surface area contributed by atoms with Crippen molar-refractivity contribution < 1.29 is 14.2 Å². The van der Waals surface area contributed by atoms with Gasteiger partial charge in [-0.2, -0.15) is 0 Å². The Morgan fingerprint density at radius 2 is 1.80 bits per heavy atom. The summed E-state index contributed by atoms with van der Waals surface area (Å²) in [4.78, 5) is 11.4. The molecule has 2 aromatic carbocycles.